The number of hydrogen-bond donors (Lipinski definition) is 1. The Hall–Kier alpha value is -2.58. The van der Waals surface area contributed by atoms with Crippen LogP contribution in [0.2, 0.25) is 0 Å². The largest absolute Gasteiger partial charge is 0.497 e. The summed E-state index contributed by atoms with van der Waals surface area (Å²) in [5.41, 5.74) is 4.60. The van der Waals surface area contributed by atoms with Crippen molar-refractivity contribution in [3.63, 3.8) is 0 Å². The van der Waals surface area contributed by atoms with Gasteiger partial charge < -0.3 is 14.8 Å². The van der Waals surface area contributed by atoms with E-state index >= 15 is 0 Å². The molecule has 2 aromatic carbocycles. The van der Waals surface area contributed by atoms with Gasteiger partial charge in [-0.15, -0.1) is 0 Å². The highest BCUT2D eigenvalue weighted by Crippen LogP contribution is 2.33. The Balaban J connectivity index is 1.77. The standard InChI is InChI=1S/C25H34N2O5S/c1-16-12-18(3)22(13-17(16)2)19(4)26-25(28)20-8-7-11-27(15-20)33(29,30)24-14-21(31-5)9-10-23(24)32-6/h9-10,12-14,19-20H,7-8,11,15H2,1-6H3,(H,26,28)/t19-,20+/m0/s1. The van der Waals surface area contributed by atoms with Gasteiger partial charge in [-0.2, -0.15) is 4.31 Å². The van der Waals surface area contributed by atoms with E-state index < -0.39 is 15.9 Å². The van der Waals surface area contributed by atoms with Crippen molar-refractivity contribution in [2.75, 3.05) is 27.3 Å². The molecule has 1 fully saturated rings. The molecule has 1 N–H and O–H groups in total. The molecule has 2 atom stereocenters. The van der Waals surface area contributed by atoms with Crippen molar-refractivity contribution in [3.05, 3.63) is 52.6 Å². The zero-order chi connectivity index (χ0) is 24.3. The van der Waals surface area contributed by atoms with Gasteiger partial charge in [-0.25, -0.2) is 8.42 Å². The molecule has 8 heteroatoms. The van der Waals surface area contributed by atoms with E-state index in [0.29, 0.717) is 25.1 Å². The monoisotopic (exact) mass is 474 g/mol. The maximum atomic E-state index is 13.4. The molecule has 0 aliphatic carbocycles. The summed E-state index contributed by atoms with van der Waals surface area (Å²) in [4.78, 5) is 13.1. The van der Waals surface area contributed by atoms with Gasteiger partial charge in [0.1, 0.15) is 16.4 Å². The number of rotatable bonds is 7. The van der Waals surface area contributed by atoms with Gasteiger partial charge in [-0.3, -0.25) is 4.79 Å². The van der Waals surface area contributed by atoms with Crippen LogP contribution in [0, 0.1) is 26.7 Å². The third-order valence-corrected chi connectivity index (χ3v) is 8.34. The number of benzene rings is 2. The molecule has 1 saturated heterocycles. The van der Waals surface area contributed by atoms with Crippen LogP contribution in [0.1, 0.15) is 48.1 Å². The van der Waals surface area contributed by atoms with Gasteiger partial charge in [0, 0.05) is 19.2 Å². The molecule has 2 aromatic rings. The van der Waals surface area contributed by atoms with Crippen LogP contribution in [-0.2, 0) is 14.8 Å². The van der Waals surface area contributed by atoms with Gasteiger partial charge in [0.05, 0.1) is 26.2 Å². The van der Waals surface area contributed by atoms with Crippen LogP contribution in [0.4, 0.5) is 0 Å². The smallest absolute Gasteiger partial charge is 0.246 e. The summed E-state index contributed by atoms with van der Waals surface area (Å²) in [5.74, 6) is 0.136. The molecule has 1 aliphatic rings. The minimum Gasteiger partial charge on any atom is -0.497 e. The third-order valence-electron chi connectivity index (χ3n) is 6.45. The molecule has 180 valence electrons. The first-order valence-corrected chi connectivity index (χ1v) is 12.6. The topological polar surface area (TPSA) is 84.9 Å². The molecule has 1 heterocycles. The Morgan fingerprint density at radius 1 is 1.06 bits per heavy atom. The van der Waals surface area contributed by atoms with E-state index in [-0.39, 0.29) is 29.1 Å². The number of ether oxygens (including phenoxy) is 2. The lowest BCUT2D eigenvalue weighted by molar-refractivity contribution is -0.126. The lowest BCUT2D eigenvalue weighted by Gasteiger charge is -2.32. The Morgan fingerprint density at radius 3 is 2.42 bits per heavy atom. The van der Waals surface area contributed by atoms with Crippen molar-refractivity contribution >= 4 is 15.9 Å². The number of carbonyl (C=O) groups is 1. The van der Waals surface area contributed by atoms with Crippen molar-refractivity contribution in [2.45, 2.75) is 51.5 Å². The Kier molecular flexibility index (Phi) is 7.69. The summed E-state index contributed by atoms with van der Waals surface area (Å²) in [6.07, 6.45) is 1.26. The molecule has 7 nitrogen and oxygen atoms in total. The zero-order valence-electron chi connectivity index (χ0n) is 20.3. The minimum absolute atomic E-state index is 0.0459. The maximum Gasteiger partial charge on any atom is 0.246 e. The van der Waals surface area contributed by atoms with Gasteiger partial charge >= 0.3 is 0 Å². The van der Waals surface area contributed by atoms with Crippen molar-refractivity contribution in [3.8, 4) is 11.5 Å². The lowest BCUT2D eigenvalue weighted by Crippen LogP contribution is -2.45. The normalized spacial score (nSPS) is 17.9. The van der Waals surface area contributed by atoms with Crippen LogP contribution >= 0.6 is 0 Å². The van der Waals surface area contributed by atoms with Crippen LogP contribution in [0.3, 0.4) is 0 Å². The number of nitrogens with one attached hydrogen (secondary N) is 1. The molecule has 1 aliphatic heterocycles. The van der Waals surface area contributed by atoms with E-state index in [9.17, 15) is 13.2 Å². The van der Waals surface area contributed by atoms with Crippen molar-refractivity contribution in [2.24, 2.45) is 5.92 Å². The fourth-order valence-electron chi connectivity index (χ4n) is 4.36. The highest BCUT2D eigenvalue weighted by molar-refractivity contribution is 7.89. The molecule has 33 heavy (non-hydrogen) atoms. The van der Waals surface area contributed by atoms with E-state index in [0.717, 1.165) is 11.1 Å². The van der Waals surface area contributed by atoms with Gasteiger partial charge in [-0.05, 0) is 74.9 Å². The predicted octanol–water partition coefficient (Wildman–Crippen LogP) is 3.91. The fraction of sp³-hybridized carbons (Fsp3) is 0.480. The molecule has 0 unspecified atom stereocenters. The number of piperidine rings is 1. The number of hydrogen-bond acceptors (Lipinski definition) is 5. The van der Waals surface area contributed by atoms with E-state index in [1.54, 1.807) is 12.1 Å². The van der Waals surface area contributed by atoms with E-state index in [2.05, 4.69) is 31.3 Å². The van der Waals surface area contributed by atoms with E-state index in [1.807, 2.05) is 13.8 Å². The van der Waals surface area contributed by atoms with Gasteiger partial charge in [0.2, 0.25) is 15.9 Å². The molecule has 1 amide bonds. The fourth-order valence-corrected chi connectivity index (χ4v) is 6.05. The second kappa shape index (κ2) is 10.1. The second-order valence-electron chi connectivity index (χ2n) is 8.74. The highest BCUT2D eigenvalue weighted by atomic mass is 32.2. The summed E-state index contributed by atoms with van der Waals surface area (Å²) in [6, 6.07) is 8.77. The molecule has 0 saturated carbocycles. The van der Waals surface area contributed by atoms with Crippen LogP contribution in [0.5, 0.6) is 11.5 Å². The van der Waals surface area contributed by atoms with Crippen molar-refractivity contribution in [1.29, 1.82) is 0 Å². The molecule has 0 aromatic heterocycles. The summed E-state index contributed by atoms with van der Waals surface area (Å²) < 4.78 is 38.7. The Bertz CT molecular complexity index is 1130. The number of aryl methyl sites for hydroxylation is 3. The Labute approximate surface area is 197 Å². The summed E-state index contributed by atoms with van der Waals surface area (Å²) >= 11 is 0. The van der Waals surface area contributed by atoms with E-state index in [4.69, 9.17) is 9.47 Å². The number of amides is 1. The van der Waals surface area contributed by atoms with Crippen molar-refractivity contribution in [1.82, 2.24) is 9.62 Å². The van der Waals surface area contributed by atoms with Gasteiger partial charge in [0.15, 0.2) is 0 Å². The molecule has 0 bridgehead atoms. The van der Waals surface area contributed by atoms with Crippen LogP contribution in [0.25, 0.3) is 0 Å². The average Bonchev–Trinajstić information content (AvgIpc) is 2.80. The summed E-state index contributed by atoms with van der Waals surface area (Å²) in [6.45, 7) is 8.63. The third kappa shape index (κ3) is 5.33. The number of methoxy groups -OCH3 is 2. The van der Waals surface area contributed by atoms with Gasteiger partial charge in [0.25, 0.3) is 0 Å². The molecular weight excluding hydrogens is 440 g/mol. The first-order valence-electron chi connectivity index (χ1n) is 11.2. The molecular formula is C25H34N2O5S. The number of nitrogens with zero attached hydrogens (tertiary/aromatic N) is 1. The SMILES string of the molecule is COc1ccc(OC)c(S(=O)(=O)N2CCC[C@@H](C(=O)N[C@@H](C)c3cc(C)c(C)cc3C)C2)c1. The quantitative estimate of drug-likeness (QED) is 0.658. The lowest BCUT2D eigenvalue weighted by atomic mass is 9.95. The molecule has 0 radical (unpaired) electrons. The van der Waals surface area contributed by atoms with Crippen molar-refractivity contribution < 1.29 is 22.7 Å². The maximum absolute atomic E-state index is 13.4. The Morgan fingerprint density at radius 2 is 1.76 bits per heavy atom. The first-order chi connectivity index (χ1) is 15.6. The second-order valence-corrected chi connectivity index (χ2v) is 10.6. The van der Waals surface area contributed by atoms with Crippen LogP contribution < -0.4 is 14.8 Å². The summed E-state index contributed by atoms with van der Waals surface area (Å²) in [7, 11) is -0.935. The predicted molar refractivity (Wildman–Crippen MR) is 128 cm³/mol. The van der Waals surface area contributed by atoms with Crippen LogP contribution in [-0.4, -0.2) is 45.9 Å². The molecule has 3 rings (SSSR count). The number of sulfonamides is 1. The highest BCUT2D eigenvalue weighted by Gasteiger charge is 2.35. The van der Waals surface area contributed by atoms with Gasteiger partial charge in [-0.1, -0.05) is 12.1 Å². The minimum atomic E-state index is -3.85. The molecule has 0 spiro atoms. The average molecular weight is 475 g/mol. The first kappa shape index (κ1) is 25.1. The zero-order valence-corrected chi connectivity index (χ0v) is 21.1. The number of carbonyl (C=O) groups excluding carboxylic acids is 1. The van der Waals surface area contributed by atoms with E-state index in [1.165, 1.54) is 35.7 Å². The van der Waals surface area contributed by atoms with Crippen LogP contribution in [0.15, 0.2) is 35.2 Å². The summed E-state index contributed by atoms with van der Waals surface area (Å²) in [5, 5.41) is 3.10.